The molecular weight excluding hydrogens is 445 g/mol. The van der Waals surface area contributed by atoms with E-state index in [1.54, 1.807) is 57.5 Å². The molecule has 1 aliphatic heterocycles. The summed E-state index contributed by atoms with van der Waals surface area (Å²) < 4.78 is 25.7. The van der Waals surface area contributed by atoms with E-state index in [0.29, 0.717) is 37.6 Å². The Bertz CT molecular complexity index is 1410. The molecule has 0 bridgehead atoms. The highest BCUT2D eigenvalue weighted by Gasteiger charge is 2.33. The molecule has 2 aromatic carbocycles. The number of halogens is 1. The van der Waals surface area contributed by atoms with E-state index in [4.69, 9.17) is 9.47 Å². The van der Waals surface area contributed by atoms with E-state index in [1.807, 2.05) is 6.07 Å². The van der Waals surface area contributed by atoms with Crippen LogP contribution in [0.15, 0.2) is 69.6 Å². The van der Waals surface area contributed by atoms with Crippen LogP contribution in [0.1, 0.15) is 25.5 Å². The van der Waals surface area contributed by atoms with Crippen molar-refractivity contribution >= 4 is 29.2 Å². The maximum Gasteiger partial charge on any atom is 0.338 e. The van der Waals surface area contributed by atoms with Crippen LogP contribution in [0.4, 0.5) is 10.1 Å². The van der Waals surface area contributed by atoms with Gasteiger partial charge in [-0.2, -0.15) is 0 Å². The van der Waals surface area contributed by atoms with Crippen LogP contribution in [-0.4, -0.2) is 24.3 Å². The van der Waals surface area contributed by atoms with Crippen LogP contribution in [0.2, 0.25) is 0 Å². The van der Waals surface area contributed by atoms with Gasteiger partial charge in [0.1, 0.15) is 16.1 Å². The van der Waals surface area contributed by atoms with Crippen LogP contribution >= 0.6 is 11.3 Å². The Labute approximate surface area is 193 Å². The van der Waals surface area contributed by atoms with Gasteiger partial charge in [0.25, 0.3) is 5.56 Å². The molecule has 170 valence electrons. The van der Waals surface area contributed by atoms with E-state index in [1.165, 1.54) is 28.0 Å². The number of rotatable bonds is 6. The number of carbonyl (C=O) groups is 1. The van der Waals surface area contributed by atoms with Gasteiger partial charge in [0.2, 0.25) is 0 Å². The lowest BCUT2D eigenvalue weighted by Crippen LogP contribution is -2.40. The fourth-order valence-electron chi connectivity index (χ4n) is 3.61. The molecule has 1 atom stereocenters. The molecule has 0 radical (unpaired) electrons. The zero-order valence-corrected chi connectivity index (χ0v) is 19.1. The number of anilines is 1. The fourth-order valence-corrected chi connectivity index (χ4v) is 4.58. The Balaban J connectivity index is 1.87. The molecule has 0 saturated heterocycles. The second-order valence-electron chi connectivity index (χ2n) is 7.23. The first kappa shape index (κ1) is 22.5. The van der Waals surface area contributed by atoms with Gasteiger partial charge in [-0.05, 0) is 55.8 Å². The monoisotopic (exact) mass is 467 g/mol. The zero-order chi connectivity index (χ0) is 23.5. The van der Waals surface area contributed by atoms with Gasteiger partial charge >= 0.3 is 5.97 Å². The van der Waals surface area contributed by atoms with E-state index in [0.717, 1.165) is 0 Å². The lowest BCUT2D eigenvalue weighted by atomic mass is 9.95. The smallest absolute Gasteiger partial charge is 0.338 e. The average Bonchev–Trinajstić information content (AvgIpc) is 3.12. The first-order chi connectivity index (χ1) is 15.9. The van der Waals surface area contributed by atoms with E-state index >= 15 is 0 Å². The third kappa shape index (κ3) is 4.45. The number of aromatic nitrogens is 1. The minimum atomic E-state index is -0.719. The molecule has 0 spiro atoms. The molecule has 1 aliphatic rings. The van der Waals surface area contributed by atoms with Crippen molar-refractivity contribution in [1.29, 1.82) is 0 Å². The van der Waals surface area contributed by atoms with Crippen molar-refractivity contribution in [1.82, 2.24) is 4.57 Å². The highest BCUT2D eigenvalue weighted by atomic mass is 32.1. The molecule has 0 unspecified atom stereocenters. The maximum absolute atomic E-state index is 13.4. The van der Waals surface area contributed by atoms with Crippen molar-refractivity contribution in [3.05, 3.63) is 90.9 Å². The van der Waals surface area contributed by atoms with Gasteiger partial charge in [-0.3, -0.25) is 9.36 Å². The molecule has 1 aromatic heterocycles. The summed E-state index contributed by atoms with van der Waals surface area (Å²) in [5.41, 5.74) is 1.81. The number of benzene rings is 2. The Morgan fingerprint density at radius 3 is 2.73 bits per heavy atom. The quantitative estimate of drug-likeness (QED) is 0.564. The van der Waals surface area contributed by atoms with Gasteiger partial charge < -0.3 is 14.8 Å². The highest BCUT2D eigenvalue weighted by Crippen LogP contribution is 2.32. The number of allylic oxidation sites excluding steroid dienone is 1. The van der Waals surface area contributed by atoms with Gasteiger partial charge in [0.15, 0.2) is 4.80 Å². The van der Waals surface area contributed by atoms with Crippen molar-refractivity contribution in [3.8, 4) is 5.75 Å². The number of fused-ring (bicyclic) bond motifs is 1. The molecule has 0 fully saturated rings. The lowest BCUT2D eigenvalue weighted by molar-refractivity contribution is -0.139. The number of methoxy groups -OCH3 is 1. The summed E-state index contributed by atoms with van der Waals surface area (Å²) in [6.07, 6.45) is 1.56. The molecule has 0 amide bonds. The van der Waals surface area contributed by atoms with Crippen molar-refractivity contribution < 1.29 is 18.7 Å². The van der Waals surface area contributed by atoms with Crippen molar-refractivity contribution in [2.75, 3.05) is 19.0 Å². The van der Waals surface area contributed by atoms with Crippen LogP contribution in [0.5, 0.6) is 5.75 Å². The van der Waals surface area contributed by atoms with Gasteiger partial charge in [-0.1, -0.05) is 23.5 Å². The molecule has 0 saturated carbocycles. The average molecular weight is 468 g/mol. The van der Waals surface area contributed by atoms with Gasteiger partial charge in [0, 0.05) is 11.9 Å². The number of thiazole rings is 1. The summed E-state index contributed by atoms with van der Waals surface area (Å²) in [5, 5.41) is 3.01. The normalized spacial score (nSPS) is 15.6. The van der Waals surface area contributed by atoms with E-state index < -0.39 is 12.0 Å². The first-order valence-electron chi connectivity index (χ1n) is 10.3. The molecule has 9 heteroatoms. The van der Waals surface area contributed by atoms with E-state index in [9.17, 15) is 14.0 Å². The second kappa shape index (κ2) is 9.41. The van der Waals surface area contributed by atoms with E-state index in [-0.39, 0.29) is 18.0 Å². The molecule has 0 aliphatic carbocycles. The lowest BCUT2D eigenvalue weighted by Gasteiger charge is -2.24. The Morgan fingerprint density at radius 2 is 2.03 bits per heavy atom. The Kier molecular flexibility index (Phi) is 6.41. The number of carbonyl (C=O) groups excluding carboxylic acids is 1. The van der Waals surface area contributed by atoms with Crippen molar-refractivity contribution in [3.63, 3.8) is 0 Å². The van der Waals surface area contributed by atoms with Crippen LogP contribution in [0.3, 0.4) is 0 Å². The standard InChI is InChI=1S/C24H22FN3O4S/c1-4-32-23(30)20-14(2)27-24-28(21(20)15-6-5-7-18(12-15)31-3)22(29)19(33-24)13-26-17-10-8-16(25)9-11-17/h5-13,21,26H,4H2,1-3H3/b19-13-/t21-/m0/s1. The minimum absolute atomic E-state index is 0.201. The number of hydrogen-bond acceptors (Lipinski definition) is 7. The fraction of sp³-hybridized carbons (Fsp3) is 0.208. The third-order valence-electron chi connectivity index (χ3n) is 5.14. The second-order valence-corrected chi connectivity index (χ2v) is 8.24. The summed E-state index contributed by atoms with van der Waals surface area (Å²) in [6.45, 7) is 3.66. The first-order valence-corrected chi connectivity index (χ1v) is 11.1. The number of esters is 1. The molecular formula is C24H22FN3O4S. The molecule has 1 N–H and O–H groups in total. The molecule has 4 rings (SSSR count). The molecule has 7 nitrogen and oxygen atoms in total. The van der Waals surface area contributed by atoms with E-state index in [2.05, 4.69) is 10.3 Å². The Hall–Kier alpha value is -3.72. The maximum atomic E-state index is 13.4. The SMILES string of the molecule is CCOC(=O)C1=C(C)N=c2s/c(=C\Nc3ccc(F)cc3)c(=O)n2[C@H]1c1cccc(OC)c1. The summed E-state index contributed by atoms with van der Waals surface area (Å²) in [5.74, 6) is -0.268. The number of nitrogens with one attached hydrogen (secondary N) is 1. The largest absolute Gasteiger partial charge is 0.497 e. The van der Waals surface area contributed by atoms with Crippen LogP contribution < -0.4 is 24.9 Å². The van der Waals surface area contributed by atoms with Crippen LogP contribution in [-0.2, 0) is 9.53 Å². The molecule has 2 heterocycles. The number of nitrogens with zero attached hydrogens (tertiary/aromatic N) is 2. The van der Waals surface area contributed by atoms with Gasteiger partial charge in [-0.25, -0.2) is 14.2 Å². The van der Waals surface area contributed by atoms with Crippen molar-refractivity contribution in [2.45, 2.75) is 19.9 Å². The zero-order valence-electron chi connectivity index (χ0n) is 18.3. The van der Waals surface area contributed by atoms with Gasteiger partial charge in [0.05, 0.1) is 31.0 Å². The summed E-state index contributed by atoms with van der Waals surface area (Å²) in [6, 6.07) is 12.3. The highest BCUT2D eigenvalue weighted by molar-refractivity contribution is 7.07. The molecule has 33 heavy (non-hydrogen) atoms. The predicted molar refractivity (Wildman–Crippen MR) is 124 cm³/mol. The summed E-state index contributed by atoms with van der Waals surface area (Å²) in [7, 11) is 1.55. The number of ether oxygens (including phenoxy) is 2. The minimum Gasteiger partial charge on any atom is -0.497 e. The van der Waals surface area contributed by atoms with Gasteiger partial charge in [-0.15, -0.1) is 0 Å². The Morgan fingerprint density at radius 1 is 1.27 bits per heavy atom. The van der Waals surface area contributed by atoms with Crippen molar-refractivity contribution in [2.24, 2.45) is 4.99 Å². The van der Waals surface area contributed by atoms with Crippen LogP contribution in [0.25, 0.3) is 6.20 Å². The predicted octanol–water partition coefficient (Wildman–Crippen LogP) is 2.97. The summed E-state index contributed by atoms with van der Waals surface area (Å²) in [4.78, 5) is 31.3. The van der Waals surface area contributed by atoms with Crippen LogP contribution in [0, 0.1) is 5.82 Å². The summed E-state index contributed by atoms with van der Waals surface area (Å²) >= 11 is 1.20. The topological polar surface area (TPSA) is 81.9 Å². The number of hydrogen-bond donors (Lipinski definition) is 1. The third-order valence-corrected chi connectivity index (χ3v) is 6.12. The molecule has 3 aromatic rings.